The minimum absolute atomic E-state index is 0.0151. The molecule has 0 aromatic rings. The Kier molecular flexibility index (Phi) is 5.87. The predicted molar refractivity (Wildman–Crippen MR) is 98.6 cm³/mol. The van der Waals surface area contributed by atoms with Crippen molar-refractivity contribution in [2.24, 2.45) is 11.3 Å². The zero-order valence-corrected chi connectivity index (χ0v) is 17.1. The molecule has 1 N–H and O–H groups in total. The van der Waals surface area contributed by atoms with Crippen LogP contribution in [-0.4, -0.2) is 65.4 Å². The zero-order chi connectivity index (χ0) is 20.6. The second kappa shape index (κ2) is 7.48. The maximum Gasteiger partial charge on any atom is 0.326 e. The van der Waals surface area contributed by atoms with E-state index >= 15 is 0 Å². The summed E-state index contributed by atoms with van der Waals surface area (Å²) < 4.78 is 4.97. The van der Waals surface area contributed by atoms with Crippen molar-refractivity contribution < 1.29 is 23.9 Å². The summed E-state index contributed by atoms with van der Waals surface area (Å²) in [7, 11) is 1.62. The average Bonchev–Trinajstić information content (AvgIpc) is 2.73. The van der Waals surface area contributed by atoms with E-state index in [9.17, 15) is 19.2 Å². The van der Waals surface area contributed by atoms with Crippen LogP contribution in [0.15, 0.2) is 0 Å². The summed E-state index contributed by atoms with van der Waals surface area (Å²) in [5, 5.41) is 2.81. The van der Waals surface area contributed by atoms with E-state index < -0.39 is 30.7 Å². The first kappa shape index (κ1) is 21.2. The summed E-state index contributed by atoms with van der Waals surface area (Å²) >= 11 is 0. The Hall–Kier alpha value is -2.12. The molecule has 0 radical (unpaired) electrons. The van der Waals surface area contributed by atoms with Gasteiger partial charge in [0.2, 0.25) is 0 Å². The molecule has 0 bridgehead atoms. The molecule has 0 aromatic carbocycles. The summed E-state index contributed by atoms with van der Waals surface area (Å²) in [6, 6.07) is -0.592. The lowest BCUT2D eigenvalue weighted by Gasteiger charge is -2.43. The largest absolute Gasteiger partial charge is 0.454 e. The van der Waals surface area contributed by atoms with Crippen LogP contribution in [0.4, 0.5) is 4.79 Å². The van der Waals surface area contributed by atoms with Crippen LogP contribution in [0.25, 0.3) is 0 Å². The average molecular weight is 381 g/mol. The van der Waals surface area contributed by atoms with Gasteiger partial charge in [0, 0.05) is 13.1 Å². The molecule has 1 saturated carbocycles. The molecule has 1 heterocycles. The molecule has 8 nitrogen and oxygen atoms in total. The van der Waals surface area contributed by atoms with Crippen molar-refractivity contribution in [3.05, 3.63) is 0 Å². The minimum Gasteiger partial charge on any atom is -0.454 e. The lowest BCUT2D eigenvalue weighted by atomic mass is 9.64. The number of hydrogen-bond acceptors (Lipinski definition) is 5. The van der Waals surface area contributed by atoms with Gasteiger partial charge in [0.15, 0.2) is 6.61 Å². The van der Waals surface area contributed by atoms with Crippen LogP contribution < -0.4 is 5.32 Å². The van der Waals surface area contributed by atoms with Gasteiger partial charge in [0.05, 0.1) is 0 Å². The number of urea groups is 1. The molecule has 2 rings (SSSR count). The van der Waals surface area contributed by atoms with Gasteiger partial charge >= 0.3 is 12.0 Å². The van der Waals surface area contributed by atoms with Crippen molar-refractivity contribution in [3.63, 3.8) is 0 Å². The molecule has 2 aliphatic rings. The highest BCUT2D eigenvalue weighted by Crippen LogP contribution is 2.46. The van der Waals surface area contributed by atoms with Crippen molar-refractivity contribution >= 4 is 23.8 Å². The van der Waals surface area contributed by atoms with Crippen LogP contribution >= 0.6 is 0 Å². The van der Waals surface area contributed by atoms with Gasteiger partial charge in [0.25, 0.3) is 11.8 Å². The van der Waals surface area contributed by atoms with E-state index in [1.807, 2.05) is 13.8 Å². The summed E-state index contributed by atoms with van der Waals surface area (Å²) in [6.45, 7) is 9.02. The van der Waals surface area contributed by atoms with E-state index in [4.69, 9.17) is 4.74 Å². The van der Waals surface area contributed by atoms with E-state index in [1.165, 1.54) is 4.90 Å². The monoisotopic (exact) mass is 381 g/mol. The molecule has 0 aromatic heterocycles. The number of carbonyl (C=O) groups excluding carboxylic acids is 4. The number of ether oxygens (including phenoxy) is 1. The Morgan fingerprint density at radius 1 is 1.30 bits per heavy atom. The summed E-state index contributed by atoms with van der Waals surface area (Å²) in [5.74, 6) is -1.21. The number of esters is 1. The molecule has 1 spiro atoms. The Morgan fingerprint density at radius 3 is 2.48 bits per heavy atom. The van der Waals surface area contributed by atoms with E-state index in [0.717, 1.165) is 11.3 Å². The number of likely N-dealkylation sites (N-methyl/N-ethyl adjacent to an activating group) is 1. The quantitative estimate of drug-likeness (QED) is 0.576. The molecule has 2 atom stereocenters. The topological polar surface area (TPSA) is 96.0 Å². The third-order valence-corrected chi connectivity index (χ3v) is 5.44. The van der Waals surface area contributed by atoms with Crippen molar-refractivity contribution in [1.29, 1.82) is 0 Å². The maximum atomic E-state index is 13.0. The van der Waals surface area contributed by atoms with E-state index in [1.54, 1.807) is 7.05 Å². The number of carbonyl (C=O) groups is 4. The molecule has 1 aliphatic heterocycles. The van der Waals surface area contributed by atoms with Crippen LogP contribution in [0, 0.1) is 11.3 Å². The molecule has 27 heavy (non-hydrogen) atoms. The summed E-state index contributed by atoms with van der Waals surface area (Å²) in [6.07, 6.45) is 2.08. The molecule has 8 heteroatoms. The Morgan fingerprint density at radius 2 is 1.93 bits per heavy atom. The molecular weight excluding hydrogens is 350 g/mol. The van der Waals surface area contributed by atoms with Crippen LogP contribution in [0.1, 0.15) is 53.9 Å². The molecule has 4 amide bonds. The van der Waals surface area contributed by atoms with Gasteiger partial charge in [-0.25, -0.2) is 4.79 Å². The molecule has 152 valence electrons. The minimum atomic E-state index is -0.952. The van der Waals surface area contributed by atoms with E-state index in [0.29, 0.717) is 12.8 Å². The first-order valence-electron chi connectivity index (χ1n) is 9.42. The lowest BCUT2D eigenvalue weighted by Crippen LogP contribution is -2.54. The van der Waals surface area contributed by atoms with Crippen LogP contribution in [0.5, 0.6) is 0 Å². The van der Waals surface area contributed by atoms with Gasteiger partial charge < -0.3 is 15.0 Å². The molecule has 1 aliphatic carbocycles. The Balaban J connectivity index is 1.99. The highest BCUT2D eigenvalue weighted by atomic mass is 16.5. The fraction of sp³-hybridized carbons (Fsp3) is 0.789. The fourth-order valence-corrected chi connectivity index (χ4v) is 4.36. The number of nitrogens with one attached hydrogen (secondary N) is 1. The fourth-order valence-electron chi connectivity index (χ4n) is 4.36. The third-order valence-electron chi connectivity index (χ3n) is 5.44. The van der Waals surface area contributed by atoms with E-state index in [-0.39, 0.29) is 29.2 Å². The van der Waals surface area contributed by atoms with Crippen LogP contribution in [-0.2, 0) is 19.1 Å². The number of imide groups is 1. The normalized spacial score (nSPS) is 27.1. The third kappa shape index (κ3) is 4.59. The predicted octanol–water partition coefficient (Wildman–Crippen LogP) is 1.53. The zero-order valence-electron chi connectivity index (χ0n) is 17.1. The first-order valence-corrected chi connectivity index (χ1v) is 9.42. The number of amides is 4. The van der Waals surface area contributed by atoms with Gasteiger partial charge in [-0.2, -0.15) is 0 Å². The SMILES string of the molecule is CC1CC(C)(C)CC2(C1)NC(=O)N(CC(=O)OCC(=O)N(C)C(C)C)C2=O. The van der Waals surface area contributed by atoms with Gasteiger partial charge in [-0.05, 0) is 44.4 Å². The summed E-state index contributed by atoms with van der Waals surface area (Å²) in [4.78, 5) is 51.7. The molecular formula is C19H31N3O5. The smallest absolute Gasteiger partial charge is 0.326 e. The number of hydrogen-bond donors (Lipinski definition) is 1. The lowest BCUT2D eigenvalue weighted by molar-refractivity contribution is -0.154. The van der Waals surface area contributed by atoms with Crippen LogP contribution in [0.3, 0.4) is 0 Å². The second-order valence-corrected chi connectivity index (χ2v) is 9.02. The van der Waals surface area contributed by atoms with Crippen LogP contribution in [0.2, 0.25) is 0 Å². The van der Waals surface area contributed by atoms with E-state index in [2.05, 4.69) is 26.1 Å². The van der Waals surface area contributed by atoms with Crippen molar-refractivity contribution in [3.8, 4) is 0 Å². The first-order chi connectivity index (χ1) is 12.4. The van der Waals surface area contributed by atoms with Crippen molar-refractivity contribution in [2.75, 3.05) is 20.2 Å². The van der Waals surface area contributed by atoms with Gasteiger partial charge in [0.1, 0.15) is 12.1 Å². The second-order valence-electron chi connectivity index (χ2n) is 9.02. The Bertz CT molecular complexity index is 645. The van der Waals surface area contributed by atoms with Gasteiger partial charge in [-0.3, -0.25) is 19.3 Å². The maximum absolute atomic E-state index is 13.0. The molecule has 1 saturated heterocycles. The van der Waals surface area contributed by atoms with Crippen molar-refractivity contribution in [2.45, 2.75) is 65.5 Å². The molecule has 2 fully saturated rings. The standard InChI is InChI=1S/C19H31N3O5/c1-12(2)21(6)14(23)10-27-15(24)9-22-16(25)19(20-17(22)26)8-13(3)7-18(4,5)11-19/h12-13H,7-11H2,1-6H3,(H,20,26). The highest BCUT2D eigenvalue weighted by Gasteiger charge is 2.56. The number of nitrogens with zero attached hydrogens (tertiary/aromatic N) is 2. The van der Waals surface area contributed by atoms with Crippen molar-refractivity contribution in [1.82, 2.24) is 15.1 Å². The van der Waals surface area contributed by atoms with Gasteiger partial charge in [-0.15, -0.1) is 0 Å². The van der Waals surface area contributed by atoms with Gasteiger partial charge in [-0.1, -0.05) is 20.8 Å². The summed E-state index contributed by atoms with van der Waals surface area (Å²) in [5.41, 5.74) is -1.03. The molecule has 2 unspecified atom stereocenters. The highest BCUT2D eigenvalue weighted by molar-refractivity contribution is 6.08. The number of rotatable bonds is 5. The Labute approximate surface area is 160 Å².